The zero-order chi connectivity index (χ0) is 22.7. The molecule has 0 unspecified atom stereocenters. The lowest BCUT2D eigenvalue weighted by Gasteiger charge is -2.19. The van der Waals surface area contributed by atoms with Crippen molar-refractivity contribution in [2.24, 2.45) is 0 Å². The molecule has 0 saturated heterocycles. The first-order valence-electron chi connectivity index (χ1n) is 10.7. The van der Waals surface area contributed by atoms with Crippen LogP contribution in [-0.2, 0) is 9.13 Å². The van der Waals surface area contributed by atoms with Gasteiger partial charge in [-0.2, -0.15) is 0 Å². The third-order valence-electron chi connectivity index (χ3n) is 5.68. The van der Waals surface area contributed by atoms with Crippen LogP contribution in [0.15, 0.2) is 133 Å². The summed E-state index contributed by atoms with van der Waals surface area (Å²) < 4.78 is 31.0. The molecule has 0 atom stereocenters. The summed E-state index contributed by atoms with van der Waals surface area (Å²) in [6.07, 6.45) is 0. The van der Waals surface area contributed by atoms with Crippen molar-refractivity contribution >= 4 is 56.1 Å². The summed E-state index contributed by atoms with van der Waals surface area (Å²) >= 11 is 1.40. The van der Waals surface area contributed by atoms with Crippen molar-refractivity contribution < 1.29 is 9.13 Å². The summed E-state index contributed by atoms with van der Waals surface area (Å²) in [5.41, 5.74) is 0. The first kappa shape index (κ1) is 21.9. The number of hydrogen-bond acceptors (Lipinski definition) is 3. The van der Waals surface area contributed by atoms with Crippen molar-refractivity contribution in [1.82, 2.24) is 0 Å². The summed E-state index contributed by atoms with van der Waals surface area (Å²) in [5, 5.41) is 3.11. The summed E-state index contributed by atoms with van der Waals surface area (Å²) in [6.45, 7) is 0. The van der Waals surface area contributed by atoms with Crippen LogP contribution < -0.4 is 30.5 Å². The standard InChI is InChI=1S/C28H22O2P2S/c29-31(23-13-5-1-6-14-23,24-15-7-2-8-16-24)27-21-22-28(33-27)32(30,25-17-9-3-10-18-25)26-19-11-4-12-20-26/h1-22H. The van der Waals surface area contributed by atoms with Crippen molar-refractivity contribution in [3.63, 3.8) is 0 Å². The van der Waals surface area contributed by atoms with E-state index in [-0.39, 0.29) is 0 Å². The molecule has 2 nitrogen and oxygen atoms in total. The van der Waals surface area contributed by atoms with E-state index in [1.165, 1.54) is 11.3 Å². The molecule has 0 amide bonds. The highest BCUT2D eigenvalue weighted by molar-refractivity contribution is 7.93. The molecule has 5 rings (SSSR count). The maximum atomic E-state index is 14.8. The third-order valence-corrected chi connectivity index (χ3v) is 14.1. The summed E-state index contributed by atoms with van der Waals surface area (Å²) in [6, 6.07) is 42.2. The molecular formula is C28H22O2P2S. The van der Waals surface area contributed by atoms with Crippen LogP contribution in [0.4, 0.5) is 0 Å². The predicted molar refractivity (Wildman–Crippen MR) is 143 cm³/mol. The van der Waals surface area contributed by atoms with Gasteiger partial charge < -0.3 is 9.13 Å². The molecule has 0 radical (unpaired) electrons. The Hall–Kier alpha value is -2.96. The van der Waals surface area contributed by atoms with Gasteiger partial charge in [-0.1, -0.05) is 121 Å². The van der Waals surface area contributed by atoms with Gasteiger partial charge in [0.05, 0.1) is 9.24 Å². The molecule has 1 aromatic heterocycles. The first-order chi connectivity index (χ1) is 16.1. The molecule has 1 heterocycles. The van der Waals surface area contributed by atoms with Crippen LogP contribution in [0.3, 0.4) is 0 Å². The average Bonchev–Trinajstić information content (AvgIpc) is 3.41. The Morgan fingerprint density at radius 3 is 0.848 bits per heavy atom. The molecular weight excluding hydrogens is 462 g/mol. The van der Waals surface area contributed by atoms with Gasteiger partial charge in [0.1, 0.15) is 0 Å². The van der Waals surface area contributed by atoms with Crippen LogP contribution in [-0.4, -0.2) is 0 Å². The summed E-state index contributed by atoms with van der Waals surface area (Å²) in [4.78, 5) is 0. The van der Waals surface area contributed by atoms with Crippen LogP contribution in [0.25, 0.3) is 0 Å². The largest absolute Gasteiger partial charge is 0.308 e. The van der Waals surface area contributed by atoms with E-state index in [0.29, 0.717) is 0 Å². The Kier molecular flexibility index (Phi) is 6.04. The molecule has 0 aliphatic heterocycles. The van der Waals surface area contributed by atoms with E-state index in [4.69, 9.17) is 0 Å². The fourth-order valence-corrected chi connectivity index (χ4v) is 12.2. The van der Waals surface area contributed by atoms with Crippen molar-refractivity contribution in [1.29, 1.82) is 0 Å². The summed E-state index contributed by atoms with van der Waals surface area (Å²) in [7, 11) is -6.22. The van der Waals surface area contributed by atoms with E-state index < -0.39 is 14.3 Å². The maximum Gasteiger partial charge on any atom is 0.180 e. The molecule has 0 aliphatic carbocycles. The van der Waals surface area contributed by atoms with E-state index in [1.54, 1.807) is 0 Å². The van der Waals surface area contributed by atoms with Gasteiger partial charge in [0, 0.05) is 21.2 Å². The second kappa shape index (κ2) is 9.12. The molecule has 33 heavy (non-hydrogen) atoms. The van der Waals surface area contributed by atoms with Gasteiger partial charge in [0.15, 0.2) is 14.3 Å². The SMILES string of the molecule is O=P(c1ccccc1)(c1ccccc1)c1ccc(P(=O)(c2ccccc2)c2ccccc2)s1. The molecule has 0 aliphatic rings. The normalized spacial score (nSPS) is 11.9. The minimum absolute atomic E-state index is 0.738. The Bertz CT molecular complexity index is 1250. The minimum Gasteiger partial charge on any atom is -0.308 e. The molecule has 5 heteroatoms. The molecule has 0 spiro atoms. The molecule has 4 aromatic carbocycles. The zero-order valence-corrected chi connectivity index (χ0v) is 20.4. The van der Waals surface area contributed by atoms with Crippen LogP contribution >= 0.6 is 25.6 Å². The molecule has 0 bridgehead atoms. The van der Waals surface area contributed by atoms with Crippen molar-refractivity contribution in [3.05, 3.63) is 133 Å². The third kappa shape index (κ3) is 3.87. The van der Waals surface area contributed by atoms with E-state index in [1.807, 2.05) is 133 Å². The van der Waals surface area contributed by atoms with E-state index in [9.17, 15) is 9.13 Å². The summed E-state index contributed by atoms with van der Waals surface area (Å²) in [5.74, 6) is 0. The van der Waals surface area contributed by atoms with E-state index in [2.05, 4.69) is 0 Å². The Labute approximate surface area is 198 Å². The van der Waals surface area contributed by atoms with Crippen molar-refractivity contribution in [3.8, 4) is 0 Å². The zero-order valence-electron chi connectivity index (χ0n) is 17.8. The number of thiophene rings is 1. The van der Waals surface area contributed by atoms with Gasteiger partial charge in [-0.15, -0.1) is 11.3 Å². The van der Waals surface area contributed by atoms with Crippen LogP contribution in [0, 0.1) is 0 Å². The van der Waals surface area contributed by atoms with Gasteiger partial charge in [0.2, 0.25) is 0 Å². The van der Waals surface area contributed by atoms with Gasteiger partial charge >= 0.3 is 0 Å². The molecule has 0 saturated carbocycles. The van der Waals surface area contributed by atoms with Gasteiger partial charge in [0.25, 0.3) is 0 Å². The Morgan fingerprint density at radius 1 is 0.364 bits per heavy atom. The lowest BCUT2D eigenvalue weighted by molar-refractivity contribution is 0.592. The molecule has 0 fully saturated rings. The van der Waals surface area contributed by atoms with Gasteiger partial charge in [-0.3, -0.25) is 0 Å². The number of rotatable bonds is 6. The topological polar surface area (TPSA) is 34.1 Å². The minimum atomic E-state index is -3.11. The second-order valence-corrected chi connectivity index (χ2v) is 14.8. The number of benzene rings is 4. The first-order valence-corrected chi connectivity index (χ1v) is 14.9. The highest BCUT2D eigenvalue weighted by Crippen LogP contribution is 2.48. The van der Waals surface area contributed by atoms with Crippen molar-refractivity contribution in [2.75, 3.05) is 0 Å². The monoisotopic (exact) mass is 484 g/mol. The van der Waals surface area contributed by atoms with E-state index >= 15 is 0 Å². The van der Waals surface area contributed by atoms with Crippen LogP contribution in [0.5, 0.6) is 0 Å². The predicted octanol–water partition coefficient (Wildman–Crippen LogP) is 5.03. The van der Waals surface area contributed by atoms with E-state index in [0.717, 1.165) is 30.5 Å². The van der Waals surface area contributed by atoms with Gasteiger partial charge in [-0.25, -0.2) is 0 Å². The maximum absolute atomic E-state index is 14.8. The van der Waals surface area contributed by atoms with Crippen molar-refractivity contribution in [2.45, 2.75) is 0 Å². The lowest BCUT2D eigenvalue weighted by Crippen LogP contribution is -2.25. The highest BCUT2D eigenvalue weighted by atomic mass is 32.1. The fraction of sp³-hybridized carbons (Fsp3) is 0. The smallest absolute Gasteiger partial charge is 0.180 e. The fourth-order valence-electron chi connectivity index (χ4n) is 4.02. The second-order valence-electron chi connectivity index (χ2n) is 7.67. The van der Waals surface area contributed by atoms with Gasteiger partial charge in [-0.05, 0) is 12.1 Å². The number of hydrogen-bond donors (Lipinski definition) is 0. The Morgan fingerprint density at radius 2 is 0.606 bits per heavy atom. The van der Waals surface area contributed by atoms with Crippen LogP contribution in [0.2, 0.25) is 0 Å². The Balaban J connectivity index is 1.72. The quantitative estimate of drug-likeness (QED) is 0.317. The molecule has 162 valence electrons. The molecule has 0 N–H and O–H groups in total. The van der Waals surface area contributed by atoms with Crippen LogP contribution in [0.1, 0.15) is 0 Å². The highest BCUT2D eigenvalue weighted by Gasteiger charge is 2.36. The lowest BCUT2D eigenvalue weighted by atomic mass is 10.4. The molecule has 5 aromatic rings. The average molecular weight is 484 g/mol.